The number of fused-ring (bicyclic) bond motifs is 4. The molecule has 0 radical (unpaired) electrons. The Morgan fingerprint density at radius 2 is 0.830 bits per heavy atom. The molecule has 0 N–H and O–H groups in total. The Kier molecular flexibility index (Phi) is 7.47. The van der Waals surface area contributed by atoms with Gasteiger partial charge in [-0.05, 0) is 98.8 Å². The van der Waals surface area contributed by atoms with E-state index in [1.54, 1.807) is 0 Å². The van der Waals surface area contributed by atoms with Crippen LogP contribution in [0.3, 0.4) is 0 Å². The highest BCUT2D eigenvalue weighted by atomic mass is 16.3. The second kappa shape index (κ2) is 12.9. The summed E-state index contributed by atoms with van der Waals surface area (Å²) >= 11 is 0. The average Bonchev–Trinajstić information content (AvgIpc) is 3.62. The zero-order valence-corrected chi connectivity index (χ0v) is 28.8. The summed E-state index contributed by atoms with van der Waals surface area (Å²) in [5.74, 6) is 0.687. The Bertz CT molecular complexity index is 2950. The molecular weight excluding hydrogens is 645 g/mol. The number of aromatic nitrogens is 2. The van der Waals surface area contributed by atoms with E-state index in [-0.39, 0.29) is 0 Å². The number of para-hydroxylation sites is 1. The number of hydrogen-bond donors (Lipinski definition) is 0. The first-order chi connectivity index (χ1) is 26.2. The van der Waals surface area contributed by atoms with E-state index in [4.69, 9.17) is 14.4 Å². The van der Waals surface area contributed by atoms with Crippen molar-refractivity contribution in [1.29, 1.82) is 0 Å². The standard InChI is InChI=1S/C50H32N2O/c1-3-12-33(13-4-1)41-28-42(39-24-25-49-45(31-39)44-20-9-10-21-48(44)53-49)30-43(29-41)47-32-46(51-50(52-47)35-15-5-2-6-16-35)40-19-11-18-37(27-40)38-23-22-34-14-7-8-17-36(34)26-38/h1-32H. The van der Waals surface area contributed by atoms with Crippen molar-refractivity contribution in [3.8, 4) is 67.3 Å². The third kappa shape index (κ3) is 5.85. The quantitative estimate of drug-likeness (QED) is 0.176. The summed E-state index contributed by atoms with van der Waals surface area (Å²) in [5, 5.41) is 4.67. The molecule has 2 heterocycles. The number of furan rings is 1. The minimum Gasteiger partial charge on any atom is -0.456 e. The van der Waals surface area contributed by atoms with Crippen molar-refractivity contribution >= 4 is 32.7 Å². The van der Waals surface area contributed by atoms with Crippen molar-refractivity contribution in [2.75, 3.05) is 0 Å². The zero-order valence-electron chi connectivity index (χ0n) is 28.8. The van der Waals surface area contributed by atoms with Crippen LogP contribution in [0.2, 0.25) is 0 Å². The SMILES string of the molecule is c1ccc(-c2cc(-c3ccc4oc5ccccc5c4c3)cc(-c3cc(-c4cccc(-c5ccc6ccccc6c5)c4)nc(-c4ccccc4)n3)c2)cc1. The topological polar surface area (TPSA) is 38.9 Å². The highest BCUT2D eigenvalue weighted by molar-refractivity contribution is 6.06. The molecule has 10 aromatic rings. The van der Waals surface area contributed by atoms with Gasteiger partial charge in [-0.1, -0.05) is 140 Å². The first-order valence-electron chi connectivity index (χ1n) is 17.9. The van der Waals surface area contributed by atoms with Gasteiger partial charge >= 0.3 is 0 Å². The van der Waals surface area contributed by atoms with Gasteiger partial charge in [0.2, 0.25) is 0 Å². The second-order valence-corrected chi connectivity index (χ2v) is 13.4. The van der Waals surface area contributed by atoms with Crippen LogP contribution in [-0.2, 0) is 0 Å². The van der Waals surface area contributed by atoms with E-state index >= 15 is 0 Å². The summed E-state index contributed by atoms with van der Waals surface area (Å²) in [5.41, 5.74) is 13.3. The van der Waals surface area contributed by atoms with Crippen molar-refractivity contribution in [2.45, 2.75) is 0 Å². The number of hydrogen-bond acceptors (Lipinski definition) is 3. The molecule has 0 saturated heterocycles. The molecule has 0 aliphatic carbocycles. The van der Waals surface area contributed by atoms with Gasteiger partial charge in [-0.3, -0.25) is 0 Å². The Labute approximate surface area is 307 Å². The van der Waals surface area contributed by atoms with Crippen molar-refractivity contribution in [1.82, 2.24) is 9.97 Å². The normalized spacial score (nSPS) is 11.4. The molecule has 2 aromatic heterocycles. The lowest BCUT2D eigenvalue weighted by Crippen LogP contribution is -1.97. The Morgan fingerprint density at radius 1 is 0.283 bits per heavy atom. The van der Waals surface area contributed by atoms with Gasteiger partial charge in [0.1, 0.15) is 11.2 Å². The molecule has 0 aliphatic heterocycles. The van der Waals surface area contributed by atoms with Crippen LogP contribution in [0, 0.1) is 0 Å². The molecule has 248 valence electrons. The lowest BCUT2D eigenvalue weighted by molar-refractivity contribution is 0.669. The molecule has 3 heteroatoms. The van der Waals surface area contributed by atoms with Crippen LogP contribution < -0.4 is 0 Å². The predicted molar refractivity (Wildman–Crippen MR) is 219 cm³/mol. The predicted octanol–water partition coefficient (Wildman–Crippen LogP) is 13.5. The molecule has 0 unspecified atom stereocenters. The van der Waals surface area contributed by atoms with E-state index in [0.717, 1.165) is 77.8 Å². The van der Waals surface area contributed by atoms with Gasteiger partial charge in [0.15, 0.2) is 5.82 Å². The molecule has 0 fully saturated rings. The first kappa shape index (κ1) is 30.7. The zero-order chi connectivity index (χ0) is 35.1. The van der Waals surface area contributed by atoms with E-state index in [2.05, 4.69) is 164 Å². The molecule has 0 bridgehead atoms. The summed E-state index contributed by atoms with van der Waals surface area (Å²) in [7, 11) is 0. The maximum atomic E-state index is 6.18. The minimum absolute atomic E-state index is 0.687. The van der Waals surface area contributed by atoms with Gasteiger partial charge in [0, 0.05) is 27.5 Å². The fraction of sp³-hybridized carbons (Fsp3) is 0. The maximum absolute atomic E-state index is 6.18. The van der Waals surface area contributed by atoms with E-state index in [0.29, 0.717) is 5.82 Å². The van der Waals surface area contributed by atoms with Gasteiger partial charge in [-0.25, -0.2) is 9.97 Å². The average molecular weight is 677 g/mol. The summed E-state index contributed by atoms with van der Waals surface area (Å²) in [6.45, 7) is 0. The van der Waals surface area contributed by atoms with Crippen molar-refractivity contribution in [3.05, 3.63) is 194 Å². The van der Waals surface area contributed by atoms with Crippen molar-refractivity contribution in [2.24, 2.45) is 0 Å². The van der Waals surface area contributed by atoms with Gasteiger partial charge in [-0.15, -0.1) is 0 Å². The summed E-state index contributed by atoms with van der Waals surface area (Å²) in [6.07, 6.45) is 0. The molecule has 0 aliphatic rings. The molecular formula is C50H32N2O. The summed E-state index contributed by atoms with van der Waals surface area (Å²) in [6, 6.07) is 68.2. The number of benzene rings is 8. The molecule has 0 amide bonds. The van der Waals surface area contributed by atoms with Gasteiger partial charge in [-0.2, -0.15) is 0 Å². The molecule has 0 spiro atoms. The van der Waals surface area contributed by atoms with Crippen LogP contribution in [0.4, 0.5) is 0 Å². The fourth-order valence-corrected chi connectivity index (χ4v) is 7.33. The summed E-state index contributed by atoms with van der Waals surface area (Å²) < 4.78 is 6.18. The number of nitrogens with zero attached hydrogens (tertiary/aromatic N) is 2. The minimum atomic E-state index is 0.687. The maximum Gasteiger partial charge on any atom is 0.160 e. The van der Waals surface area contributed by atoms with Gasteiger partial charge in [0.25, 0.3) is 0 Å². The van der Waals surface area contributed by atoms with Crippen molar-refractivity contribution < 1.29 is 4.42 Å². The van der Waals surface area contributed by atoms with Crippen LogP contribution in [-0.4, -0.2) is 9.97 Å². The first-order valence-corrected chi connectivity index (χ1v) is 17.9. The Balaban J connectivity index is 1.15. The Hall–Kier alpha value is -7.10. The van der Waals surface area contributed by atoms with Crippen molar-refractivity contribution in [3.63, 3.8) is 0 Å². The molecule has 0 saturated carbocycles. The van der Waals surface area contributed by atoms with Crippen LogP contribution in [0.25, 0.3) is 100.0 Å². The Morgan fingerprint density at radius 3 is 1.66 bits per heavy atom. The van der Waals surface area contributed by atoms with E-state index in [9.17, 15) is 0 Å². The summed E-state index contributed by atoms with van der Waals surface area (Å²) in [4.78, 5) is 10.4. The molecule has 53 heavy (non-hydrogen) atoms. The molecule has 8 aromatic carbocycles. The van der Waals surface area contributed by atoms with E-state index < -0.39 is 0 Å². The van der Waals surface area contributed by atoms with Gasteiger partial charge in [0.05, 0.1) is 11.4 Å². The molecule has 10 rings (SSSR count). The largest absolute Gasteiger partial charge is 0.456 e. The van der Waals surface area contributed by atoms with Crippen LogP contribution in [0.1, 0.15) is 0 Å². The van der Waals surface area contributed by atoms with Crippen LogP contribution in [0.15, 0.2) is 199 Å². The monoisotopic (exact) mass is 676 g/mol. The highest BCUT2D eigenvalue weighted by Crippen LogP contribution is 2.38. The third-order valence-electron chi connectivity index (χ3n) is 10.0. The van der Waals surface area contributed by atoms with Gasteiger partial charge < -0.3 is 4.42 Å². The smallest absolute Gasteiger partial charge is 0.160 e. The van der Waals surface area contributed by atoms with Crippen LogP contribution >= 0.6 is 0 Å². The van der Waals surface area contributed by atoms with Crippen LogP contribution in [0.5, 0.6) is 0 Å². The van der Waals surface area contributed by atoms with E-state index in [1.807, 2.05) is 30.3 Å². The lowest BCUT2D eigenvalue weighted by atomic mass is 9.93. The molecule has 3 nitrogen and oxygen atoms in total. The lowest BCUT2D eigenvalue weighted by Gasteiger charge is -2.14. The third-order valence-corrected chi connectivity index (χ3v) is 10.0. The highest BCUT2D eigenvalue weighted by Gasteiger charge is 2.15. The van der Waals surface area contributed by atoms with E-state index in [1.165, 1.54) is 16.3 Å². The second-order valence-electron chi connectivity index (χ2n) is 13.4. The molecule has 0 atom stereocenters. The fourth-order valence-electron chi connectivity index (χ4n) is 7.33. The number of rotatable bonds is 6.